The SMILES string of the molecule is CCN1CCCN(CC)B1Cl. The summed E-state index contributed by atoms with van der Waals surface area (Å²) in [4.78, 5) is 4.60. The normalized spacial score (nSPS) is 22.6. The van der Waals surface area contributed by atoms with Crippen LogP contribution in [0.2, 0.25) is 0 Å². The van der Waals surface area contributed by atoms with Gasteiger partial charge in [-0.2, -0.15) is 0 Å². The largest absolute Gasteiger partial charge is 0.419 e. The number of nitrogens with zero attached hydrogens (tertiary/aromatic N) is 2. The molecule has 1 saturated heterocycles. The maximum absolute atomic E-state index is 6.20. The van der Waals surface area contributed by atoms with Gasteiger partial charge in [0.2, 0.25) is 0 Å². The van der Waals surface area contributed by atoms with Gasteiger partial charge in [0.1, 0.15) is 0 Å². The molecule has 1 rings (SSSR count). The molecule has 0 radical (unpaired) electrons. The second-order valence-electron chi connectivity index (χ2n) is 2.92. The zero-order chi connectivity index (χ0) is 8.27. The second kappa shape index (κ2) is 4.34. The van der Waals surface area contributed by atoms with E-state index in [1.54, 1.807) is 0 Å². The topological polar surface area (TPSA) is 6.48 Å². The number of hydrogen-bond donors (Lipinski definition) is 0. The summed E-state index contributed by atoms with van der Waals surface area (Å²) in [7, 11) is 0. The van der Waals surface area contributed by atoms with Crippen LogP contribution in [0.15, 0.2) is 0 Å². The lowest BCUT2D eigenvalue weighted by atomic mass is 9.96. The lowest BCUT2D eigenvalue weighted by Crippen LogP contribution is -2.54. The monoisotopic (exact) mass is 174 g/mol. The van der Waals surface area contributed by atoms with Crippen molar-refractivity contribution >= 4 is 17.9 Å². The van der Waals surface area contributed by atoms with Gasteiger partial charge in [0.25, 0.3) is 0 Å². The summed E-state index contributed by atoms with van der Waals surface area (Å²) in [5.74, 6) is 0. The summed E-state index contributed by atoms with van der Waals surface area (Å²) < 4.78 is 0. The zero-order valence-electron chi connectivity index (χ0n) is 7.39. The van der Waals surface area contributed by atoms with Crippen LogP contribution in [0.4, 0.5) is 0 Å². The van der Waals surface area contributed by atoms with Crippen LogP contribution in [0.3, 0.4) is 0 Å². The molecule has 0 spiro atoms. The van der Waals surface area contributed by atoms with Gasteiger partial charge in [-0.05, 0) is 32.6 Å². The van der Waals surface area contributed by atoms with Gasteiger partial charge in [0.15, 0.2) is 0 Å². The van der Waals surface area contributed by atoms with Crippen LogP contribution < -0.4 is 0 Å². The third kappa shape index (κ3) is 2.11. The molecule has 11 heavy (non-hydrogen) atoms. The second-order valence-corrected chi connectivity index (χ2v) is 3.31. The molecule has 0 aromatic heterocycles. The molecule has 1 aliphatic heterocycles. The van der Waals surface area contributed by atoms with Gasteiger partial charge in [-0.25, -0.2) is 0 Å². The Labute approximate surface area is 74.5 Å². The standard InChI is InChI=1S/C7H16BClN2/c1-3-10-6-5-7-11(4-2)8(10)9/h3-7H2,1-2H3. The van der Waals surface area contributed by atoms with E-state index in [4.69, 9.17) is 11.5 Å². The van der Waals surface area contributed by atoms with E-state index in [2.05, 4.69) is 23.5 Å². The lowest BCUT2D eigenvalue weighted by Gasteiger charge is -2.36. The van der Waals surface area contributed by atoms with Crippen molar-refractivity contribution in [3.63, 3.8) is 0 Å². The van der Waals surface area contributed by atoms with E-state index in [1.807, 2.05) is 0 Å². The Kier molecular flexibility index (Phi) is 3.69. The van der Waals surface area contributed by atoms with Gasteiger partial charge in [-0.3, -0.25) is 0 Å². The van der Waals surface area contributed by atoms with Crippen molar-refractivity contribution < 1.29 is 0 Å². The van der Waals surface area contributed by atoms with Crippen LogP contribution >= 0.6 is 11.5 Å². The molecule has 1 heterocycles. The predicted molar refractivity (Wildman–Crippen MR) is 50.7 cm³/mol. The molecule has 0 unspecified atom stereocenters. The van der Waals surface area contributed by atoms with Crippen LogP contribution in [0.25, 0.3) is 0 Å². The molecule has 1 aliphatic rings. The summed E-state index contributed by atoms with van der Waals surface area (Å²) >= 11 is 6.20. The van der Waals surface area contributed by atoms with Crippen molar-refractivity contribution in [1.82, 2.24) is 9.62 Å². The Balaban J connectivity index is 2.45. The molecule has 0 atom stereocenters. The van der Waals surface area contributed by atoms with E-state index in [-0.39, 0.29) is 6.40 Å². The summed E-state index contributed by atoms with van der Waals surface area (Å²) in [5.41, 5.74) is 0. The van der Waals surface area contributed by atoms with Gasteiger partial charge < -0.3 is 9.62 Å². The molecular weight excluding hydrogens is 158 g/mol. The molecule has 0 aromatic rings. The third-order valence-corrected chi connectivity index (χ3v) is 2.86. The van der Waals surface area contributed by atoms with Crippen molar-refractivity contribution in [3.8, 4) is 0 Å². The molecule has 0 bridgehead atoms. The minimum Gasteiger partial charge on any atom is -0.315 e. The summed E-state index contributed by atoms with van der Waals surface area (Å²) in [5, 5.41) is 0. The van der Waals surface area contributed by atoms with Crippen molar-refractivity contribution in [2.24, 2.45) is 0 Å². The first kappa shape index (κ1) is 9.36. The number of hydrogen-bond acceptors (Lipinski definition) is 2. The van der Waals surface area contributed by atoms with Crippen LogP contribution in [-0.2, 0) is 0 Å². The fraction of sp³-hybridized carbons (Fsp3) is 1.00. The molecule has 0 aliphatic carbocycles. The van der Waals surface area contributed by atoms with Crippen LogP contribution in [0, 0.1) is 0 Å². The highest BCUT2D eigenvalue weighted by atomic mass is 35.5. The average molecular weight is 174 g/mol. The quantitative estimate of drug-likeness (QED) is 0.582. The minimum atomic E-state index is 0.138. The molecule has 0 N–H and O–H groups in total. The van der Waals surface area contributed by atoms with Crippen molar-refractivity contribution in [2.75, 3.05) is 26.2 Å². The smallest absolute Gasteiger partial charge is 0.315 e. The van der Waals surface area contributed by atoms with Crippen molar-refractivity contribution in [2.45, 2.75) is 20.3 Å². The minimum absolute atomic E-state index is 0.138. The Morgan fingerprint density at radius 2 is 1.64 bits per heavy atom. The molecule has 0 aromatic carbocycles. The number of rotatable bonds is 2. The highest BCUT2D eigenvalue weighted by Gasteiger charge is 2.29. The van der Waals surface area contributed by atoms with E-state index in [0.29, 0.717) is 0 Å². The van der Waals surface area contributed by atoms with Gasteiger partial charge in [0, 0.05) is 0 Å². The van der Waals surface area contributed by atoms with Gasteiger partial charge in [-0.1, -0.05) is 13.8 Å². The molecule has 0 saturated carbocycles. The van der Waals surface area contributed by atoms with E-state index < -0.39 is 0 Å². The summed E-state index contributed by atoms with van der Waals surface area (Å²) in [6.45, 7) is 8.75. The fourth-order valence-corrected chi connectivity index (χ4v) is 2.01. The molecule has 64 valence electrons. The molecular formula is C7H16BClN2. The molecule has 2 nitrogen and oxygen atoms in total. The Morgan fingerprint density at radius 3 is 2.00 bits per heavy atom. The third-order valence-electron chi connectivity index (χ3n) is 2.31. The summed E-state index contributed by atoms with van der Waals surface area (Å²) in [6.07, 6.45) is 1.39. The van der Waals surface area contributed by atoms with Gasteiger partial charge in [-0.15, -0.1) is 11.5 Å². The highest BCUT2D eigenvalue weighted by Crippen LogP contribution is 2.12. The van der Waals surface area contributed by atoms with E-state index in [1.165, 1.54) is 6.42 Å². The lowest BCUT2D eigenvalue weighted by molar-refractivity contribution is 0.307. The fourth-order valence-electron chi connectivity index (χ4n) is 1.54. The first-order valence-corrected chi connectivity index (χ1v) is 4.85. The first-order chi connectivity index (χ1) is 5.29. The predicted octanol–water partition coefficient (Wildman–Crippen LogP) is 1.26. The van der Waals surface area contributed by atoms with Crippen molar-refractivity contribution in [1.29, 1.82) is 0 Å². The first-order valence-electron chi connectivity index (χ1n) is 4.41. The van der Waals surface area contributed by atoms with Crippen LogP contribution in [0.1, 0.15) is 20.3 Å². The molecule has 0 amide bonds. The maximum Gasteiger partial charge on any atom is 0.419 e. The van der Waals surface area contributed by atoms with Crippen LogP contribution in [0.5, 0.6) is 0 Å². The Morgan fingerprint density at radius 1 is 1.18 bits per heavy atom. The summed E-state index contributed by atoms with van der Waals surface area (Å²) in [6, 6.07) is 0. The Hall–Kier alpha value is 0.275. The highest BCUT2D eigenvalue weighted by molar-refractivity contribution is 7.03. The van der Waals surface area contributed by atoms with E-state index in [9.17, 15) is 0 Å². The van der Waals surface area contributed by atoms with Crippen molar-refractivity contribution in [3.05, 3.63) is 0 Å². The molecule has 1 fully saturated rings. The Bertz CT molecular complexity index is 111. The van der Waals surface area contributed by atoms with E-state index >= 15 is 0 Å². The molecule has 4 heteroatoms. The average Bonchev–Trinajstić information content (AvgIpc) is 2.05. The van der Waals surface area contributed by atoms with Gasteiger partial charge >= 0.3 is 6.40 Å². The number of halogens is 1. The zero-order valence-corrected chi connectivity index (χ0v) is 8.14. The van der Waals surface area contributed by atoms with Crippen LogP contribution in [-0.4, -0.2) is 42.2 Å². The maximum atomic E-state index is 6.20. The van der Waals surface area contributed by atoms with E-state index in [0.717, 1.165) is 26.2 Å². The van der Waals surface area contributed by atoms with Gasteiger partial charge in [0.05, 0.1) is 0 Å².